The fourth-order valence-electron chi connectivity index (χ4n) is 2.66. The van der Waals surface area contributed by atoms with Gasteiger partial charge in [0.2, 0.25) is 5.60 Å². The summed E-state index contributed by atoms with van der Waals surface area (Å²) in [4.78, 5) is 24.1. The van der Waals surface area contributed by atoms with Crippen molar-refractivity contribution in [1.29, 1.82) is 0 Å². The van der Waals surface area contributed by atoms with E-state index < -0.39 is 17.2 Å². The van der Waals surface area contributed by atoms with Crippen LogP contribution in [0.5, 0.6) is 0 Å². The first-order chi connectivity index (χ1) is 10.9. The van der Waals surface area contributed by atoms with Crippen molar-refractivity contribution in [3.8, 4) is 0 Å². The van der Waals surface area contributed by atoms with E-state index in [1.54, 1.807) is 44.2 Å². The molecule has 5 heteroatoms. The van der Waals surface area contributed by atoms with Crippen LogP contribution in [0.25, 0.3) is 0 Å². The third-order valence-corrected chi connectivity index (χ3v) is 3.63. The van der Waals surface area contributed by atoms with Crippen LogP contribution in [0.4, 0.5) is 0 Å². The van der Waals surface area contributed by atoms with E-state index in [9.17, 15) is 14.7 Å². The minimum Gasteiger partial charge on any atom is -0.467 e. The van der Waals surface area contributed by atoms with Gasteiger partial charge in [0.05, 0.1) is 13.2 Å². The molecule has 0 aromatic heterocycles. The Morgan fingerprint density at radius 1 is 1.17 bits per heavy atom. The molecule has 122 valence electrons. The minimum atomic E-state index is -1.85. The predicted molar refractivity (Wildman–Crippen MR) is 84.6 cm³/mol. The summed E-state index contributed by atoms with van der Waals surface area (Å²) in [5.74, 6) is -1.02. The lowest BCUT2D eigenvalue weighted by atomic mass is 9.74. The van der Waals surface area contributed by atoms with Gasteiger partial charge in [-0.2, -0.15) is 0 Å². The van der Waals surface area contributed by atoms with Crippen molar-refractivity contribution in [2.75, 3.05) is 7.11 Å². The summed E-state index contributed by atoms with van der Waals surface area (Å²) in [5, 5.41) is 11.2. The Morgan fingerprint density at radius 2 is 1.74 bits per heavy atom. The number of hydrogen-bond donors (Lipinski definition) is 1. The quantitative estimate of drug-likeness (QED) is 0.840. The van der Waals surface area contributed by atoms with Gasteiger partial charge in [0.1, 0.15) is 5.60 Å². The molecule has 0 radical (unpaired) electrons. The number of methoxy groups -OCH3 is 1. The van der Waals surface area contributed by atoms with Crippen LogP contribution in [0.15, 0.2) is 54.6 Å². The van der Waals surface area contributed by atoms with Gasteiger partial charge < -0.3 is 14.6 Å². The highest BCUT2D eigenvalue weighted by Crippen LogP contribution is 2.42. The van der Waals surface area contributed by atoms with E-state index in [-0.39, 0.29) is 11.9 Å². The van der Waals surface area contributed by atoms with Crippen LogP contribution in [0.3, 0.4) is 0 Å². The maximum absolute atomic E-state index is 12.7. The summed E-state index contributed by atoms with van der Waals surface area (Å²) in [6.45, 7) is 3.51. The largest absolute Gasteiger partial charge is 0.467 e. The van der Waals surface area contributed by atoms with Gasteiger partial charge in [-0.25, -0.2) is 4.79 Å². The molecule has 1 unspecified atom stereocenters. The minimum absolute atomic E-state index is 0.272. The summed E-state index contributed by atoms with van der Waals surface area (Å²) in [6, 6.07) is 8.62. The summed E-state index contributed by atoms with van der Waals surface area (Å²) < 4.78 is 10.9. The van der Waals surface area contributed by atoms with Crippen molar-refractivity contribution in [2.45, 2.75) is 31.2 Å². The monoisotopic (exact) mass is 316 g/mol. The van der Waals surface area contributed by atoms with Crippen LogP contribution in [-0.4, -0.2) is 35.7 Å². The highest BCUT2D eigenvalue weighted by Gasteiger charge is 2.58. The summed E-state index contributed by atoms with van der Waals surface area (Å²) in [6.07, 6.45) is 4.58. The molecule has 0 fully saturated rings. The molecular formula is C18H20O5. The molecule has 0 bridgehead atoms. The number of esters is 1. The standard InChI is InChI=1S/C18H20O5/c1-13(2)23-18(16(20)22-3,14-7-5-4-6-8-14)17(21)11-9-15(19)10-12-17/h4-13,21H,1-3H3. The first-order valence-corrected chi connectivity index (χ1v) is 7.32. The molecule has 1 aromatic rings. The van der Waals surface area contributed by atoms with E-state index >= 15 is 0 Å². The number of carbonyl (C=O) groups excluding carboxylic acids is 2. The first-order valence-electron chi connectivity index (χ1n) is 7.32. The Bertz CT molecular complexity index is 629. The number of allylic oxidation sites excluding steroid dienone is 2. The highest BCUT2D eigenvalue weighted by atomic mass is 16.6. The Kier molecular flexibility index (Phi) is 4.82. The Morgan fingerprint density at radius 3 is 2.22 bits per heavy atom. The van der Waals surface area contributed by atoms with E-state index in [1.165, 1.54) is 31.4 Å². The lowest BCUT2D eigenvalue weighted by Crippen LogP contribution is -2.58. The molecule has 0 saturated carbocycles. The zero-order valence-corrected chi connectivity index (χ0v) is 13.4. The van der Waals surface area contributed by atoms with Crippen molar-refractivity contribution >= 4 is 11.8 Å². The number of carbonyl (C=O) groups is 2. The average Bonchev–Trinajstić information content (AvgIpc) is 2.55. The molecule has 0 spiro atoms. The molecule has 2 rings (SSSR count). The van der Waals surface area contributed by atoms with Crippen molar-refractivity contribution in [1.82, 2.24) is 0 Å². The smallest absolute Gasteiger partial charge is 0.346 e. The van der Waals surface area contributed by atoms with E-state index in [1.807, 2.05) is 0 Å². The number of hydrogen-bond acceptors (Lipinski definition) is 5. The lowest BCUT2D eigenvalue weighted by molar-refractivity contribution is -0.206. The first kappa shape index (κ1) is 17.1. The van der Waals surface area contributed by atoms with Crippen molar-refractivity contribution < 1.29 is 24.2 Å². The molecule has 0 amide bonds. The summed E-state index contributed by atoms with van der Waals surface area (Å²) in [7, 11) is 1.23. The van der Waals surface area contributed by atoms with Gasteiger partial charge in [-0.15, -0.1) is 0 Å². The second kappa shape index (κ2) is 6.48. The molecule has 1 aliphatic rings. The molecule has 23 heavy (non-hydrogen) atoms. The van der Waals surface area contributed by atoms with Crippen LogP contribution < -0.4 is 0 Å². The highest BCUT2D eigenvalue weighted by molar-refractivity contribution is 6.01. The fraction of sp³-hybridized carbons (Fsp3) is 0.333. The number of rotatable bonds is 5. The van der Waals surface area contributed by atoms with Crippen LogP contribution in [0, 0.1) is 0 Å². The number of aliphatic hydroxyl groups is 1. The van der Waals surface area contributed by atoms with Gasteiger partial charge in [0.15, 0.2) is 5.78 Å². The molecule has 1 atom stereocenters. The van der Waals surface area contributed by atoms with Gasteiger partial charge in [0, 0.05) is 0 Å². The zero-order valence-electron chi connectivity index (χ0n) is 13.4. The molecular weight excluding hydrogens is 296 g/mol. The maximum Gasteiger partial charge on any atom is 0.346 e. The van der Waals surface area contributed by atoms with E-state index in [4.69, 9.17) is 9.47 Å². The average molecular weight is 316 g/mol. The molecule has 5 nitrogen and oxygen atoms in total. The molecule has 0 aliphatic heterocycles. The topological polar surface area (TPSA) is 72.8 Å². The van der Waals surface area contributed by atoms with Gasteiger partial charge in [-0.3, -0.25) is 4.79 Å². The van der Waals surface area contributed by atoms with Crippen molar-refractivity contribution in [3.63, 3.8) is 0 Å². The van der Waals surface area contributed by atoms with E-state index in [0.29, 0.717) is 5.56 Å². The van der Waals surface area contributed by atoms with E-state index in [2.05, 4.69) is 0 Å². The molecule has 1 N–H and O–H groups in total. The number of ketones is 1. The summed E-state index contributed by atoms with van der Waals surface area (Å²) >= 11 is 0. The number of ether oxygens (including phenoxy) is 2. The Balaban J connectivity index is 2.72. The van der Waals surface area contributed by atoms with Crippen LogP contribution in [0.1, 0.15) is 19.4 Å². The molecule has 1 aromatic carbocycles. The second-order valence-electron chi connectivity index (χ2n) is 5.60. The Hall–Kier alpha value is -2.24. The third kappa shape index (κ3) is 2.98. The molecule has 0 saturated heterocycles. The van der Waals surface area contributed by atoms with E-state index in [0.717, 1.165) is 0 Å². The second-order valence-corrected chi connectivity index (χ2v) is 5.60. The lowest BCUT2D eigenvalue weighted by Gasteiger charge is -2.43. The zero-order chi connectivity index (χ0) is 17.1. The van der Waals surface area contributed by atoms with Gasteiger partial charge in [-0.05, 0) is 43.7 Å². The maximum atomic E-state index is 12.7. The van der Waals surface area contributed by atoms with Gasteiger partial charge in [-0.1, -0.05) is 30.3 Å². The fourth-order valence-corrected chi connectivity index (χ4v) is 2.66. The van der Waals surface area contributed by atoms with Crippen LogP contribution in [-0.2, 0) is 24.7 Å². The van der Waals surface area contributed by atoms with Gasteiger partial charge >= 0.3 is 5.97 Å². The number of benzene rings is 1. The summed E-state index contributed by atoms with van der Waals surface area (Å²) in [5.41, 5.74) is -3.23. The molecule has 1 aliphatic carbocycles. The van der Waals surface area contributed by atoms with Crippen molar-refractivity contribution in [3.05, 3.63) is 60.2 Å². The van der Waals surface area contributed by atoms with Gasteiger partial charge in [0.25, 0.3) is 0 Å². The Labute approximate surface area is 135 Å². The SMILES string of the molecule is COC(=O)C(OC(C)C)(c1ccccc1)C1(O)C=CC(=O)C=C1. The van der Waals surface area contributed by atoms with Crippen molar-refractivity contribution in [2.24, 2.45) is 0 Å². The third-order valence-electron chi connectivity index (χ3n) is 3.63. The molecule has 0 heterocycles. The normalized spacial score (nSPS) is 18.7. The van der Waals surface area contributed by atoms with Crippen LogP contribution >= 0.6 is 0 Å². The predicted octanol–water partition coefficient (Wildman–Crippen LogP) is 1.91. The van der Waals surface area contributed by atoms with Crippen LogP contribution in [0.2, 0.25) is 0 Å².